The van der Waals surface area contributed by atoms with Gasteiger partial charge in [-0.1, -0.05) is 12.1 Å². The van der Waals surface area contributed by atoms with E-state index in [-0.39, 0.29) is 18.2 Å². The van der Waals surface area contributed by atoms with Crippen molar-refractivity contribution in [3.05, 3.63) is 41.7 Å². The number of anilines is 1. The van der Waals surface area contributed by atoms with Crippen molar-refractivity contribution >= 4 is 23.5 Å². The zero-order chi connectivity index (χ0) is 19.1. The topological polar surface area (TPSA) is 108 Å². The molecule has 0 spiro atoms. The molecule has 0 radical (unpaired) electrons. The molecular weight excluding hydrogens is 340 g/mol. The van der Waals surface area contributed by atoms with Crippen molar-refractivity contribution in [1.29, 1.82) is 0 Å². The van der Waals surface area contributed by atoms with Crippen LogP contribution in [0.5, 0.6) is 5.75 Å². The Morgan fingerprint density at radius 1 is 1.23 bits per heavy atom. The van der Waals surface area contributed by atoms with Gasteiger partial charge in [0.15, 0.2) is 24.3 Å². The maximum atomic E-state index is 12.1. The maximum Gasteiger partial charge on any atom is 0.344 e. The third-order valence-electron chi connectivity index (χ3n) is 3.43. The van der Waals surface area contributed by atoms with Crippen molar-refractivity contribution in [2.45, 2.75) is 33.3 Å². The fraction of sp³-hybridized carbons (Fsp3) is 0.333. The van der Waals surface area contributed by atoms with Crippen LogP contribution in [0, 0.1) is 6.92 Å². The Balaban J connectivity index is 1.84. The molecule has 0 aliphatic heterocycles. The zero-order valence-electron chi connectivity index (χ0n) is 14.8. The Morgan fingerprint density at radius 2 is 1.92 bits per heavy atom. The maximum absolute atomic E-state index is 12.1. The van der Waals surface area contributed by atoms with Gasteiger partial charge in [-0.25, -0.2) is 4.79 Å². The lowest BCUT2D eigenvalue weighted by molar-refractivity contribution is -0.156. The second kappa shape index (κ2) is 8.80. The lowest BCUT2D eigenvalue weighted by Gasteiger charge is -2.15. The lowest BCUT2D eigenvalue weighted by atomic mass is 10.1. The largest absolute Gasteiger partial charge is 0.482 e. The van der Waals surface area contributed by atoms with Gasteiger partial charge in [-0.3, -0.25) is 9.59 Å². The summed E-state index contributed by atoms with van der Waals surface area (Å²) in [6.45, 7) is 4.52. The van der Waals surface area contributed by atoms with E-state index >= 15 is 0 Å². The highest BCUT2D eigenvalue weighted by molar-refractivity contribution is 5.95. The van der Waals surface area contributed by atoms with E-state index in [1.54, 1.807) is 44.2 Å². The van der Waals surface area contributed by atoms with Crippen LogP contribution in [-0.2, 0) is 14.3 Å². The van der Waals surface area contributed by atoms with Gasteiger partial charge in [-0.15, -0.1) is 0 Å². The van der Waals surface area contributed by atoms with Crippen molar-refractivity contribution in [2.24, 2.45) is 0 Å². The molecule has 26 heavy (non-hydrogen) atoms. The van der Waals surface area contributed by atoms with Gasteiger partial charge in [0.05, 0.1) is 0 Å². The first kappa shape index (κ1) is 19.2. The highest BCUT2D eigenvalue weighted by Gasteiger charge is 2.22. The van der Waals surface area contributed by atoms with Gasteiger partial charge in [0, 0.05) is 11.6 Å². The zero-order valence-corrected chi connectivity index (χ0v) is 14.8. The molecule has 8 nitrogen and oxygen atoms in total. The molecule has 0 aliphatic rings. The fourth-order valence-electron chi connectivity index (χ4n) is 2.08. The van der Waals surface area contributed by atoms with Gasteiger partial charge in [0.1, 0.15) is 11.5 Å². The highest BCUT2D eigenvalue weighted by Crippen LogP contribution is 2.13. The molecule has 0 saturated heterocycles. The minimum absolute atomic E-state index is 0.0601. The summed E-state index contributed by atoms with van der Waals surface area (Å²) < 4.78 is 15.3. The second-order valence-electron chi connectivity index (χ2n) is 5.57. The summed E-state index contributed by atoms with van der Waals surface area (Å²) in [5.41, 5.74) is 0.547. The molecule has 138 valence electrons. The first-order valence-electron chi connectivity index (χ1n) is 8.06. The molecule has 0 aliphatic carbocycles. The second-order valence-corrected chi connectivity index (χ2v) is 5.57. The summed E-state index contributed by atoms with van der Waals surface area (Å²) in [7, 11) is 0. The third-order valence-corrected chi connectivity index (χ3v) is 3.43. The summed E-state index contributed by atoms with van der Waals surface area (Å²) in [5.74, 6) is -0.0186. The fourth-order valence-corrected chi connectivity index (χ4v) is 2.08. The number of aromatic nitrogens is 1. The van der Waals surface area contributed by atoms with E-state index in [0.717, 1.165) is 0 Å². The van der Waals surface area contributed by atoms with Crippen LogP contribution in [0.15, 0.2) is 34.9 Å². The van der Waals surface area contributed by atoms with Crippen LogP contribution < -0.4 is 10.1 Å². The minimum Gasteiger partial charge on any atom is -0.482 e. The molecule has 0 saturated carbocycles. The van der Waals surface area contributed by atoms with Crippen molar-refractivity contribution in [1.82, 2.24) is 5.16 Å². The van der Waals surface area contributed by atoms with Gasteiger partial charge >= 0.3 is 5.97 Å². The van der Waals surface area contributed by atoms with Gasteiger partial charge in [0.25, 0.3) is 5.91 Å². The number of esters is 1. The SMILES string of the molecule is CCC(OC(=O)COc1ccc(C(C)=O)cc1)C(=O)Nc1cc(C)on1. The van der Waals surface area contributed by atoms with Crippen LogP contribution >= 0.6 is 0 Å². The third kappa shape index (κ3) is 5.44. The van der Waals surface area contributed by atoms with E-state index in [2.05, 4.69) is 10.5 Å². The van der Waals surface area contributed by atoms with Crippen LogP contribution in [0.2, 0.25) is 0 Å². The monoisotopic (exact) mass is 360 g/mol. The number of ketones is 1. The lowest BCUT2D eigenvalue weighted by Crippen LogP contribution is -2.33. The number of carbonyl (C=O) groups is 3. The number of amides is 1. The van der Waals surface area contributed by atoms with Crippen LogP contribution in [0.25, 0.3) is 0 Å². The molecule has 1 heterocycles. The number of nitrogens with zero attached hydrogens (tertiary/aromatic N) is 1. The van der Waals surface area contributed by atoms with Crippen molar-refractivity contribution in [3.63, 3.8) is 0 Å². The average Bonchev–Trinajstić information content (AvgIpc) is 3.02. The Hall–Kier alpha value is -3.16. The van der Waals surface area contributed by atoms with Crippen molar-refractivity contribution in [3.8, 4) is 5.75 Å². The first-order chi connectivity index (χ1) is 12.4. The van der Waals surface area contributed by atoms with Gasteiger partial charge in [-0.05, 0) is 44.5 Å². The smallest absolute Gasteiger partial charge is 0.344 e. The summed E-state index contributed by atoms with van der Waals surface area (Å²) in [6, 6.07) is 7.93. The quantitative estimate of drug-likeness (QED) is 0.569. The van der Waals surface area contributed by atoms with Crippen LogP contribution in [0.1, 0.15) is 36.4 Å². The predicted molar refractivity (Wildman–Crippen MR) is 92.0 cm³/mol. The van der Waals surface area contributed by atoms with Gasteiger partial charge in [-0.2, -0.15) is 0 Å². The van der Waals surface area contributed by atoms with Crippen LogP contribution in [0.3, 0.4) is 0 Å². The van der Waals surface area contributed by atoms with Crippen LogP contribution in [-0.4, -0.2) is 35.5 Å². The average molecular weight is 360 g/mol. The Labute approximate surface area is 150 Å². The molecule has 0 fully saturated rings. The number of ether oxygens (including phenoxy) is 2. The number of benzene rings is 1. The molecule has 2 aromatic rings. The minimum atomic E-state index is -0.969. The summed E-state index contributed by atoms with van der Waals surface area (Å²) in [6.07, 6.45) is -0.676. The first-order valence-corrected chi connectivity index (χ1v) is 8.06. The number of Topliss-reactive ketones (excluding diaryl/α,β-unsaturated/α-hetero) is 1. The van der Waals surface area contributed by atoms with E-state index in [1.807, 2.05) is 0 Å². The molecule has 2 rings (SSSR count). The Bertz CT molecular complexity index is 781. The van der Waals surface area contributed by atoms with E-state index < -0.39 is 18.0 Å². The molecule has 8 heteroatoms. The number of rotatable bonds is 8. The normalized spacial score (nSPS) is 11.5. The highest BCUT2D eigenvalue weighted by atomic mass is 16.6. The Morgan fingerprint density at radius 3 is 2.46 bits per heavy atom. The molecule has 1 atom stereocenters. The van der Waals surface area contributed by atoms with E-state index in [9.17, 15) is 14.4 Å². The molecule has 0 bridgehead atoms. The van der Waals surface area contributed by atoms with Crippen molar-refractivity contribution < 1.29 is 28.4 Å². The Kier molecular flexibility index (Phi) is 6.48. The molecule has 1 amide bonds. The van der Waals surface area contributed by atoms with E-state index in [4.69, 9.17) is 14.0 Å². The summed E-state index contributed by atoms with van der Waals surface area (Å²) in [5, 5.41) is 6.17. The summed E-state index contributed by atoms with van der Waals surface area (Å²) >= 11 is 0. The number of nitrogens with one attached hydrogen (secondary N) is 1. The van der Waals surface area contributed by atoms with E-state index in [0.29, 0.717) is 23.5 Å². The number of aryl methyl sites for hydroxylation is 1. The standard InChI is InChI=1S/C18H20N2O6/c1-4-15(18(23)19-16-9-11(2)26-20-16)25-17(22)10-24-14-7-5-13(6-8-14)12(3)21/h5-9,15H,4,10H2,1-3H3,(H,19,20,23). The van der Waals surface area contributed by atoms with Gasteiger partial charge in [0.2, 0.25) is 0 Å². The molecule has 1 aromatic heterocycles. The predicted octanol–water partition coefficient (Wildman–Crippen LogP) is 2.52. The van der Waals surface area contributed by atoms with Gasteiger partial charge < -0.3 is 19.3 Å². The number of carbonyl (C=O) groups excluding carboxylic acids is 3. The molecule has 1 unspecified atom stereocenters. The van der Waals surface area contributed by atoms with Crippen LogP contribution in [0.4, 0.5) is 5.82 Å². The molecule has 1 N–H and O–H groups in total. The number of hydrogen-bond donors (Lipinski definition) is 1. The van der Waals surface area contributed by atoms with Crippen molar-refractivity contribution in [2.75, 3.05) is 11.9 Å². The van der Waals surface area contributed by atoms with E-state index in [1.165, 1.54) is 6.92 Å². The molecule has 1 aromatic carbocycles. The molecular formula is C18H20N2O6. The number of hydrogen-bond acceptors (Lipinski definition) is 7. The summed E-state index contributed by atoms with van der Waals surface area (Å²) in [4.78, 5) is 35.2.